The minimum atomic E-state index is -0.185. The minimum absolute atomic E-state index is 0.0256. The Morgan fingerprint density at radius 3 is 2.88 bits per heavy atom. The molecule has 0 aliphatic rings. The van der Waals surface area contributed by atoms with E-state index in [1.165, 1.54) is 5.56 Å². The first-order valence-corrected chi connectivity index (χ1v) is 5.59. The van der Waals surface area contributed by atoms with Gasteiger partial charge in [-0.15, -0.1) is 11.6 Å². The van der Waals surface area contributed by atoms with E-state index in [-0.39, 0.29) is 11.8 Å². The van der Waals surface area contributed by atoms with Crippen LogP contribution in [0.5, 0.6) is 0 Å². The molecule has 3 heteroatoms. The maximum absolute atomic E-state index is 11.3. The van der Waals surface area contributed by atoms with Gasteiger partial charge in [0.25, 0.3) is 0 Å². The van der Waals surface area contributed by atoms with Crippen molar-refractivity contribution in [2.24, 2.45) is 0 Å². The molecule has 0 radical (unpaired) electrons. The lowest BCUT2D eigenvalue weighted by atomic mass is 10.1. The van der Waals surface area contributed by atoms with Crippen LogP contribution in [0.2, 0.25) is 0 Å². The molecule has 0 heterocycles. The first kappa shape index (κ1) is 11.0. The second-order valence-electron chi connectivity index (χ2n) is 3.71. The van der Waals surface area contributed by atoms with E-state index in [0.717, 1.165) is 16.5 Å². The molecule has 1 N–H and O–H groups in total. The largest absolute Gasteiger partial charge is 0.324 e. The predicted molar refractivity (Wildman–Crippen MR) is 68.0 cm³/mol. The molecule has 0 aliphatic heterocycles. The first-order chi connectivity index (χ1) is 7.70. The van der Waals surface area contributed by atoms with Crippen molar-refractivity contribution in [1.29, 1.82) is 0 Å². The monoisotopic (exact) mass is 233 g/mol. The zero-order valence-corrected chi connectivity index (χ0v) is 9.71. The Balaban J connectivity index is 2.52. The molecule has 2 rings (SSSR count). The highest BCUT2D eigenvalue weighted by Crippen LogP contribution is 2.24. The van der Waals surface area contributed by atoms with Crippen LogP contribution in [0.15, 0.2) is 36.4 Å². The molecule has 0 aliphatic carbocycles. The van der Waals surface area contributed by atoms with Crippen LogP contribution < -0.4 is 5.32 Å². The highest BCUT2D eigenvalue weighted by Gasteiger charge is 2.04. The van der Waals surface area contributed by atoms with E-state index in [9.17, 15) is 4.79 Å². The van der Waals surface area contributed by atoms with Gasteiger partial charge in [-0.2, -0.15) is 0 Å². The third kappa shape index (κ3) is 2.17. The first-order valence-electron chi connectivity index (χ1n) is 5.06. The molecule has 16 heavy (non-hydrogen) atoms. The number of fused-ring (bicyclic) bond motifs is 1. The molecular weight excluding hydrogens is 222 g/mol. The maximum Gasteiger partial charge on any atom is 0.239 e. The van der Waals surface area contributed by atoms with Gasteiger partial charge in [0.05, 0.1) is 0 Å². The third-order valence-corrected chi connectivity index (χ3v) is 2.68. The molecule has 0 spiro atoms. The van der Waals surface area contributed by atoms with Crippen molar-refractivity contribution in [3.8, 4) is 0 Å². The summed E-state index contributed by atoms with van der Waals surface area (Å²) in [4.78, 5) is 11.3. The van der Waals surface area contributed by atoms with E-state index in [0.29, 0.717) is 0 Å². The van der Waals surface area contributed by atoms with Crippen LogP contribution in [-0.2, 0) is 4.79 Å². The Kier molecular flexibility index (Phi) is 3.11. The molecule has 0 atom stereocenters. The van der Waals surface area contributed by atoms with Gasteiger partial charge in [0, 0.05) is 11.1 Å². The Hall–Kier alpha value is -1.54. The molecule has 0 fully saturated rings. The van der Waals surface area contributed by atoms with Gasteiger partial charge < -0.3 is 5.32 Å². The number of halogens is 1. The van der Waals surface area contributed by atoms with Crippen LogP contribution >= 0.6 is 11.6 Å². The molecule has 0 unspecified atom stereocenters. The second kappa shape index (κ2) is 4.54. The van der Waals surface area contributed by atoms with Crippen LogP contribution in [0.4, 0.5) is 5.69 Å². The summed E-state index contributed by atoms with van der Waals surface area (Å²) in [7, 11) is 0. The van der Waals surface area contributed by atoms with E-state index >= 15 is 0 Å². The number of alkyl halides is 1. The smallest absolute Gasteiger partial charge is 0.239 e. The Morgan fingerprint density at radius 1 is 1.31 bits per heavy atom. The number of carbonyl (C=O) groups is 1. The summed E-state index contributed by atoms with van der Waals surface area (Å²) >= 11 is 5.47. The quantitative estimate of drug-likeness (QED) is 0.793. The highest BCUT2D eigenvalue weighted by molar-refractivity contribution is 6.29. The number of rotatable bonds is 2. The van der Waals surface area contributed by atoms with Crippen molar-refractivity contribution in [2.75, 3.05) is 11.2 Å². The van der Waals surface area contributed by atoms with Crippen molar-refractivity contribution in [3.63, 3.8) is 0 Å². The van der Waals surface area contributed by atoms with Crippen molar-refractivity contribution in [1.82, 2.24) is 0 Å². The zero-order chi connectivity index (χ0) is 11.5. The molecular formula is C13H12ClNO. The maximum atomic E-state index is 11.3. The molecule has 0 aromatic heterocycles. The van der Waals surface area contributed by atoms with Gasteiger partial charge in [0.1, 0.15) is 5.88 Å². The molecule has 0 bridgehead atoms. The second-order valence-corrected chi connectivity index (χ2v) is 3.98. The summed E-state index contributed by atoms with van der Waals surface area (Å²) in [6.07, 6.45) is 0. The molecule has 82 valence electrons. The average molecular weight is 234 g/mol. The Morgan fingerprint density at radius 2 is 2.12 bits per heavy atom. The number of carbonyl (C=O) groups excluding carboxylic acids is 1. The van der Waals surface area contributed by atoms with Crippen LogP contribution in [0.25, 0.3) is 10.8 Å². The normalized spacial score (nSPS) is 10.4. The van der Waals surface area contributed by atoms with Crippen LogP contribution in [0.1, 0.15) is 5.56 Å². The van der Waals surface area contributed by atoms with E-state index in [1.54, 1.807) is 0 Å². The molecule has 2 aromatic carbocycles. The van der Waals surface area contributed by atoms with E-state index < -0.39 is 0 Å². The van der Waals surface area contributed by atoms with Crippen molar-refractivity contribution in [3.05, 3.63) is 42.0 Å². The lowest BCUT2D eigenvalue weighted by Crippen LogP contribution is -2.12. The van der Waals surface area contributed by atoms with Gasteiger partial charge in [0.15, 0.2) is 0 Å². The van der Waals surface area contributed by atoms with Crippen LogP contribution in [0.3, 0.4) is 0 Å². The van der Waals surface area contributed by atoms with Crippen LogP contribution in [0, 0.1) is 6.92 Å². The fourth-order valence-electron chi connectivity index (χ4n) is 1.68. The number of hydrogen-bond donors (Lipinski definition) is 1. The summed E-state index contributed by atoms with van der Waals surface area (Å²) in [5.74, 6) is -0.210. The molecule has 0 saturated carbocycles. The summed E-state index contributed by atoms with van der Waals surface area (Å²) in [6.45, 7) is 2.03. The van der Waals surface area contributed by atoms with Gasteiger partial charge >= 0.3 is 0 Å². The van der Waals surface area contributed by atoms with Crippen molar-refractivity contribution in [2.45, 2.75) is 6.92 Å². The fourth-order valence-corrected chi connectivity index (χ4v) is 1.75. The predicted octanol–water partition coefficient (Wildman–Crippen LogP) is 3.33. The standard InChI is InChI=1S/C13H12ClNO/c1-9-5-6-10-3-2-4-12(11(10)7-9)15-13(16)8-14/h2-7H,8H2,1H3,(H,15,16). The lowest BCUT2D eigenvalue weighted by Gasteiger charge is -2.08. The SMILES string of the molecule is Cc1ccc2cccc(NC(=O)CCl)c2c1. The number of nitrogens with one attached hydrogen (secondary N) is 1. The summed E-state index contributed by atoms with van der Waals surface area (Å²) in [5.41, 5.74) is 1.98. The highest BCUT2D eigenvalue weighted by atomic mass is 35.5. The van der Waals surface area contributed by atoms with E-state index in [2.05, 4.69) is 17.4 Å². The molecule has 2 nitrogen and oxygen atoms in total. The van der Waals surface area contributed by atoms with Gasteiger partial charge in [-0.1, -0.05) is 29.8 Å². The number of benzene rings is 2. The number of amides is 1. The fraction of sp³-hybridized carbons (Fsp3) is 0.154. The number of hydrogen-bond acceptors (Lipinski definition) is 1. The van der Waals surface area contributed by atoms with Gasteiger partial charge in [0.2, 0.25) is 5.91 Å². The van der Waals surface area contributed by atoms with Crippen molar-refractivity contribution < 1.29 is 4.79 Å². The third-order valence-electron chi connectivity index (χ3n) is 2.43. The van der Waals surface area contributed by atoms with E-state index in [1.807, 2.05) is 31.2 Å². The lowest BCUT2D eigenvalue weighted by molar-refractivity contribution is -0.113. The summed E-state index contributed by atoms with van der Waals surface area (Å²) < 4.78 is 0. The number of anilines is 1. The van der Waals surface area contributed by atoms with Crippen LogP contribution in [-0.4, -0.2) is 11.8 Å². The molecule has 2 aromatic rings. The molecule has 0 saturated heterocycles. The average Bonchev–Trinajstić information content (AvgIpc) is 2.29. The Bertz CT molecular complexity index is 536. The van der Waals surface area contributed by atoms with Gasteiger partial charge in [-0.25, -0.2) is 0 Å². The zero-order valence-electron chi connectivity index (χ0n) is 8.96. The molecule has 1 amide bonds. The minimum Gasteiger partial charge on any atom is -0.324 e. The van der Waals surface area contributed by atoms with Gasteiger partial charge in [-0.05, 0) is 24.4 Å². The number of aryl methyl sites for hydroxylation is 1. The van der Waals surface area contributed by atoms with Crippen molar-refractivity contribution >= 4 is 34.0 Å². The topological polar surface area (TPSA) is 29.1 Å². The summed E-state index contributed by atoms with van der Waals surface area (Å²) in [5, 5.41) is 4.94. The summed E-state index contributed by atoms with van der Waals surface area (Å²) in [6, 6.07) is 12.0. The van der Waals surface area contributed by atoms with E-state index in [4.69, 9.17) is 11.6 Å². The Labute approximate surface area is 99.2 Å². The van der Waals surface area contributed by atoms with Gasteiger partial charge in [-0.3, -0.25) is 4.79 Å².